The normalized spacial score (nSPS) is 17.9. The summed E-state index contributed by atoms with van der Waals surface area (Å²) in [6.07, 6.45) is -7.12. The van der Waals surface area contributed by atoms with Gasteiger partial charge in [0.15, 0.2) is 6.10 Å². The third-order valence-corrected chi connectivity index (χ3v) is 1.51. The predicted octanol–water partition coefficient (Wildman–Crippen LogP) is -3.99. The van der Waals surface area contributed by atoms with Crippen molar-refractivity contribution in [1.82, 2.24) is 0 Å². The topological polar surface area (TPSA) is 193 Å². The van der Waals surface area contributed by atoms with E-state index in [2.05, 4.69) is 0 Å². The van der Waals surface area contributed by atoms with E-state index in [9.17, 15) is 13.2 Å². The van der Waals surface area contributed by atoms with E-state index >= 15 is 0 Å². The molecular weight excluding hydrogens is 276 g/mol. The Morgan fingerprint density at radius 3 is 1.67 bits per heavy atom. The Hall–Kier alpha value is -0.820. The number of carbonyl (C=O) groups is 1. The van der Waals surface area contributed by atoms with Crippen molar-refractivity contribution in [3.05, 3.63) is 0 Å². The number of hydrogen-bond acceptors (Lipinski definition) is 8. The number of hydrogen-bond donors (Lipinski definition) is 7. The van der Waals surface area contributed by atoms with Crippen LogP contribution in [-0.2, 0) is 14.9 Å². The van der Waals surface area contributed by atoms with Gasteiger partial charge in [0.1, 0.15) is 18.3 Å². The number of carboxylic acids is 1. The Morgan fingerprint density at radius 2 is 1.44 bits per heavy atom. The zero-order chi connectivity index (χ0) is 15.1. The first kappa shape index (κ1) is 19.5. The van der Waals surface area contributed by atoms with Crippen LogP contribution in [0.1, 0.15) is 0 Å². The molecule has 110 valence electrons. The molecule has 0 fully saturated rings. The molecule has 0 aliphatic heterocycles. The minimum absolute atomic E-state index is 0.715. The molecule has 0 bridgehead atoms. The van der Waals surface area contributed by atoms with Gasteiger partial charge in [0.2, 0.25) is 0 Å². The van der Waals surface area contributed by atoms with Crippen LogP contribution in [0.3, 0.4) is 0 Å². The minimum Gasteiger partial charge on any atom is -0.479 e. The summed E-state index contributed by atoms with van der Waals surface area (Å²) in [7, 11) is -3.67. The van der Waals surface area contributed by atoms with Crippen molar-refractivity contribution < 1.29 is 48.4 Å². The van der Waals surface area contributed by atoms with E-state index < -0.39 is 47.1 Å². The third-order valence-electron chi connectivity index (χ3n) is 1.51. The number of aliphatic hydroxyl groups is 5. The molecule has 10 nitrogen and oxygen atoms in total. The summed E-state index contributed by atoms with van der Waals surface area (Å²) < 4.78 is 25.9. The van der Waals surface area contributed by atoms with Crippen LogP contribution < -0.4 is 0 Å². The van der Waals surface area contributed by atoms with E-state index in [0.717, 1.165) is 0 Å². The van der Waals surface area contributed by atoms with Crippen molar-refractivity contribution in [3.63, 3.8) is 0 Å². The lowest BCUT2D eigenvalue weighted by Gasteiger charge is -2.23. The van der Waals surface area contributed by atoms with Gasteiger partial charge in [-0.3, -0.25) is 4.55 Å². The lowest BCUT2D eigenvalue weighted by atomic mass is 10.0. The Morgan fingerprint density at radius 1 is 1.11 bits per heavy atom. The van der Waals surface area contributed by atoms with Crippen molar-refractivity contribution in [2.45, 2.75) is 24.4 Å². The van der Waals surface area contributed by atoms with Gasteiger partial charge in [-0.25, -0.2) is 4.79 Å². The van der Waals surface area contributed by atoms with Gasteiger partial charge in [0.05, 0.1) is 12.9 Å². The molecule has 0 saturated heterocycles. The van der Waals surface area contributed by atoms with E-state index in [1.54, 1.807) is 0 Å². The Kier molecular flexibility index (Phi) is 9.01. The molecule has 0 aromatic carbocycles. The maximum absolute atomic E-state index is 10.1. The fourth-order valence-electron chi connectivity index (χ4n) is 0.668. The number of aliphatic hydroxyl groups excluding tert-OH is 5. The maximum atomic E-state index is 10.1. The monoisotopic (exact) mass is 292 g/mol. The Bertz CT molecular complexity index is 330. The molecule has 0 rings (SSSR count). The molecule has 0 aliphatic carbocycles. The van der Waals surface area contributed by atoms with E-state index in [-0.39, 0.29) is 0 Å². The Balaban J connectivity index is 0. The summed E-state index contributed by atoms with van der Waals surface area (Å²) in [5.41, 5.74) is 0. The van der Waals surface area contributed by atoms with Gasteiger partial charge in [-0.15, -0.1) is 0 Å². The van der Waals surface area contributed by atoms with Crippen molar-refractivity contribution in [1.29, 1.82) is 0 Å². The van der Waals surface area contributed by atoms with Crippen molar-refractivity contribution in [2.75, 3.05) is 12.9 Å². The highest BCUT2D eigenvalue weighted by molar-refractivity contribution is 7.85. The first-order valence-corrected chi connectivity index (χ1v) is 6.25. The zero-order valence-electron chi connectivity index (χ0n) is 9.28. The molecule has 0 aromatic heterocycles. The maximum Gasteiger partial charge on any atom is 0.335 e. The third kappa shape index (κ3) is 10.3. The van der Waals surface area contributed by atoms with Gasteiger partial charge < -0.3 is 30.6 Å². The van der Waals surface area contributed by atoms with Gasteiger partial charge in [-0.2, -0.15) is 8.42 Å². The van der Waals surface area contributed by atoms with Gasteiger partial charge in [0.25, 0.3) is 10.1 Å². The fourth-order valence-corrected chi connectivity index (χ4v) is 0.668. The summed E-state index contributed by atoms with van der Waals surface area (Å²) in [4.78, 5) is 10.1. The molecule has 4 atom stereocenters. The van der Waals surface area contributed by atoms with Gasteiger partial charge >= 0.3 is 5.97 Å². The SMILES string of the molecule is CS(=O)(=O)O.O=C(O)[C@H](O)[C@@H](O)[C@H](O)[C@H](O)CO. The highest BCUT2D eigenvalue weighted by Gasteiger charge is 2.33. The van der Waals surface area contributed by atoms with Crippen LogP contribution in [0.2, 0.25) is 0 Å². The smallest absolute Gasteiger partial charge is 0.335 e. The van der Waals surface area contributed by atoms with Crippen LogP contribution in [0.4, 0.5) is 0 Å². The van der Waals surface area contributed by atoms with Crippen LogP contribution >= 0.6 is 0 Å². The van der Waals surface area contributed by atoms with Crippen molar-refractivity contribution in [3.8, 4) is 0 Å². The number of rotatable bonds is 5. The number of aliphatic carboxylic acids is 1. The lowest BCUT2D eigenvalue weighted by Crippen LogP contribution is -2.48. The first-order valence-electron chi connectivity index (χ1n) is 4.40. The second-order valence-corrected chi connectivity index (χ2v) is 4.71. The highest BCUT2D eigenvalue weighted by atomic mass is 32.2. The minimum atomic E-state index is -3.67. The molecule has 7 N–H and O–H groups in total. The van der Waals surface area contributed by atoms with E-state index in [1.807, 2.05) is 0 Å². The molecule has 0 saturated carbocycles. The summed E-state index contributed by atoms with van der Waals surface area (Å²) in [5.74, 6) is -1.73. The predicted molar refractivity (Wildman–Crippen MR) is 56.2 cm³/mol. The highest BCUT2D eigenvalue weighted by Crippen LogP contribution is 2.04. The quantitative estimate of drug-likeness (QED) is 0.245. The second kappa shape index (κ2) is 8.31. The molecule has 18 heavy (non-hydrogen) atoms. The summed E-state index contributed by atoms with van der Waals surface area (Å²) in [6.45, 7) is -0.843. The van der Waals surface area contributed by atoms with Gasteiger partial charge in [-0.1, -0.05) is 0 Å². The summed E-state index contributed by atoms with van der Waals surface area (Å²) in [5, 5.41) is 51.8. The molecule has 0 radical (unpaired) electrons. The van der Waals surface area contributed by atoms with Crippen LogP contribution in [0.5, 0.6) is 0 Å². The van der Waals surface area contributed by atoms with E-state index in [0.29, 0.717) is 6.26 Å². The summed E-state index contributed by atoms with van der Waals surface area (Å²) >= 11 is 0. The molecule has 0 unspecified atom stereocenters. The van der Waals surface area contributed by atoms with E-state index in [4.69, 9.17) is 35.2 Å². The zero-order valence-corrected chi connectivity index (χ0v) is 10.1. The molecule has 0 aromatic rings. The first-order chi connectivity index (χ1) is 7.91. The standard InChI is InChI=1S/C6H12O7.CH4O3S/c7-1-2(8)3(9)4(10)5(11)6(12)13;1-5(2,3)4/h2-5,7-11H,1H2,(H,12,13);1H3,(H,2,3,4)/t2-,3-,4+,5-;/m1./s1. The van der Waals surface area contributed by atoms with Crippen LogP contribution in [0, 0.1) is 0 Å². The molecular formula is C7H16O10S. The van der Waals surface area contributed by atoms with Crippen LogP contribution in [-0.4, -0.2) is 86.9 Å². The van der Waals surface area contributed by atoms with E-state index in [1.165, 1.54) is 0 Å². The van der Waals surface area contributed by atoms with Gasteiger partial charge in [0, 0.05) is 0 Å². The van der Waals surface area contributed by atoms with Gasteiger partial charge in [-0.05, 0) is 0 Å². The molecule has 0 amide bonds. The van der Waals surface area contributed by atoms with Crippen molar-refractivity contribution >= 4 is 16.1 Å². The largest absolute Gasteiger partial charge is 0.479 e. The number of carboxylic acid groups (broad SMARTS) is 1. The lowest BCUT2D eigenvalue weighted by molar-refractivity contribution is -0.164. The van der Waals surface area contributed by atoms with Crippen LogP contribution in [0.15, 0.2) is 0 Å². The average Bonchev–Trinajstić information content (AvgIpc) is 2.22. The average molecular weight is 292 g/mol. The molecule has 11 heteroatoms. The molecule has 0 heterocycles. The second-order valence-electron chi connectivity index (χ2n) is 3.25. The van der Waals surface area contributed by atoms with Crippen LogP contribution in [0.25, 0.3) is 0 Å². The summed E-state index contributed by atoms with van der Waals surface area (Å²) in [6, 6.07) is 0. The fraction of sp³-hybridized carbons (Fsp3) is 0.857. The van der Waals surface area contributed by atoms with Crippen molar-refractivity contribution in [2.24, 2.45) is 0 Å². The Labute approximate surface area is 102 Å². The molecule has 0 spiro atoms. The molecule has 0 aliphatic rings.